The van der Waals surface area contributed by atoms with E-state index in [0.29, 0.717) is 24.3 Å². The summed E-state index contributed by atoms with van der Waals surface area (Å²) in [6, 6.07) is 6.47. The topological polar surface area (TPSA) is 52.6 Å². The first-order valence-electron chi connectivity index (χ1n) is 9.63. The minimum atomic E-state index is -0.340. The Morgan fingerprint density at radius 3 is 1.40 bits per heavy atom. The van der Waals surface area contributed by atoms with Crippen LogP contribution in [0.1, 0.15) is 92.4 Å². The third-order valence-electron chi connectivity index (χ3n) is 4.07. The Bertz CT molecular complexity index is 493. The zero-order chi connectivity index (χ0) is 18.3. The Hall–Kier alpha value is -1.84. The van der Waals surface area contributed by atoms with Crippen LogP contribution in [-0.2, 0) is 9.47 Å². The van der Waals surface area contributed by atoms with E-state index in [1.54, 1.807) is 24.3 Å². The summed E-state index contributed by atoms with van der Waals surface area (Å²) in [5, 5.41) is 0. The van der Waals surface area contributed by atoms with Gasteiger partial charge in [-0.25, -0.2) is 9.59 Å². The minimum absolute atomic E-state index is 0.338. The van der Waals surface area contributed by atoms with Crippen LogP contribution in [0.5, 0.6) is 0 Å². The van der Waals surface area contributed by atoms with Crippen LogP contribution in [0.3, 0.4) is 0 Å². The Morgan fingerprint density at radius 2 is 1.00 bits per heavy atom. The highest BCUT2D eigenvalue weighted by atomic mass is 16.5. The zero-order valence-corrected chi connectivity index (χ0v) is 15.7. The van der Waals surface area contributed by atoms with Gasteiger partial charge in [0, 0.05) is 0 Å². The Kier molecular flexibility index (Phi) is 11.4. The van der Waals surface area contributed by atoms with Gasteiger partial charge in [0.2, 0.25) is 0 Å². The summed E-state index contributed by atoms with van der Waals surface area (Å²) < 4.78 is 10.5. The van der Waals surface area contributed by atoms with Gasteiger partial charge in [0.1, 0.15) is 0 Å². The lowest BCUT2D eigenvalue weighted by Crippen LogP contribution is -2.09. The van der Waals surface area contributed by atoms with Crippen LogP contribution in [0.25, 0.3) is 0 Å². The van der Waals surface area contributed by atoms with Gasteiger partial charge in [0.05, 0.1) is 24.3 Å². The molecule has 0 aliphatic heterocycles. The quantitative estimate of drug-likeness (QED) is 0.346. The molecule has 0 heterocycles. The van der Waals surface area contributed by atoms with Crippen molar-refractivity contribution in [3.63, 3.8) is 0 Å². The Morgan fingerprint density at radius 1 is 0.640 bits per heavy atom. The highest BCUT2D eigenvalue weighted by Gasteiger charge is 2.10. The summed E-state index contributed by atoms with van der Waals surface area (Å²) in [7, 11) is 0. The van der Waals surface area contributed by atoms with Gasteiger partial charge in [-0.05, 0) is 37.1 Å². The van der Waals surface area contributed by atoms with E-state index in [1.807, 2.05) is 0 Å². The molecule has 1 aromatic rings. The SMILES string of the molecule is CCCCCCCOC(=O)c1ccc(C(=O)OCCCCCC)cc1. The van der Waals surface area contributed by atoms with Crippen molar-refractivity contribution in [2.24, 2.45) is 0 Å². The zero-order valence-electron chi connectivity index (χ0n) is 15.7. The molecular weight excluding hydrogens is 316 g/mol. The minimum Gasteiger partial charge on any atom is -0.462 e. The second kappa shape index (κ2) is 13.5. The van der Waals surface area contributed by atoms with Crippen LogP contribution in [0.15, 0.2) is 24.3 Å². The van der Waals surface area contributed by atoms with Gasteiger partial charge in [-0.3, -0.25) is 0 Å². The van der Waals surface area contributed by atoms with Crippen molar-refractivity contribution >= 4 is 11.9 Å². The standard InChI is InChI=1S/C21H32O4/c1-3-5-7-9-11-17-25-21(23)19-14-12-18(13-15-19)20(22)24-16-10-8-6-4-2/h12-15H,3-11,16-17H2,1-2H3. The summed E-state index contributed by atoms with van der Waals surface area (Å²) in [6.45, 7) is 5.21. The van der Waals surface area contributed by atoms with Crippen LogP contribution >= 0.6 is 0 Å². The van der Waals surface area contributed by atoms with Crippen molar-refractivity contribution < 1.29 is 19.1 Å². The number of hydrogen-bond donors (Lipinski definition) is 0. The maximum absolute atomic E-state index is 11.9. The first-order valence-corrected chi connectivity index (χ1v) is 9.63. The summed E-state index contributed by atoms with van der Waals surface area (Å²) in [6.07, 6.45) is 9.88. The normalized spacial score (nSPS) is 10.5. The van der Waals surface area contributed by atoms with Gasteiger partial charge in [-0.1, -0.05) is 58.8 Å². The number of carbonyl (C=O) groups excluding carboxylic acids is 2. The molecule has 4 heteroatoms. The van der Waals surface area contributed by atoms with Gasteiger partial charge in [0.25, 0.3) is 0 Å². The molecule has 0 saturated heterocycles. The predicted molar refractivity (Wildman–Crippen MR) is 99.9 cm³/mol. The molecule has 1 aromatic carbocycles. The summed E-state index contributed by atoms with van der Waals surface area (Å²) in [5.41, 5.74) is 0.930. The molecule has 0 bridgehead atoms. The van der Waals surface area contributed by atoms with Crippen LogP contribution < -0.4 is 0 Å². The predicted octanol–water partition coefficient (Wildman–Crippen LogP) is 5.55. The molecular formula is C21H32O4. The van der Waals surface area contributed by atoms with Crippen molar-refractivity contribution in [1.29, 1.82) is 0 Å². The molecule has 0 amide bonds. The smallest absolute Gasteiger partial charge is 0.338 e. The number of rotatable bonds is 13. The number of carbonyl (C=O) groups is 2. The van der Waals surface area contributed by atoms with Gasteiger partial charge < -0.3 is 9.47 Å². The molecule has 0 aromatic heterocycles. The lowest BCUT2D eigenvalue weighted by molar-refractivity contribution is 0.0483. The van der Waals surface area contributed by atoms with Crippen molar-refractivity contribution in [1.82, 2.24) is 0 Å². The molecule has 0 aliphatic rings. The second-order valence-electron chi connectivity index (χ2n) is 6.32. The fraction of sp³-hybridized carbons (Fsp3) is 0.619. The molecule has 0 fully saturated rings. The van der Waals surface area contributed by atoms with Crippen molar-refractivity contribution in [2.75, 3.05) is 13.2 Å². The van der Waals surface area contributed by atoms with E-state index >= 15 is 0 Å². The molecule has 0 unspecified atom stereocenters. The molecule has 25 heavy (non-hydrogen) atoms. The van der Waals surface area contributed by atoms with Gasteiger partial charge in [-0.2, -0.15) is 0 Å². The average Bonchev–Trinajstić information content (AvgIpc) is 2.64. The van der Waals surface area contributed by atoms with E-state index in [4.69, 9.17) is 9.47 Å². The molecule has 0 spiro atoms. The third-order valence-corrected chi connectivity index (χ3v) is 4.07. The van der Waals surface area contributed by atoms with Crippen molar-refractivity contribution in [2.45, 2.75) is 71.6 Å². The molecule has 0 atom stereocenters. The van der Waals surface area contributed by atoms with E-state index in [-0.39, 0.29) is 11.9 Å². The number of unbranched alkanes of at least 4 members (excludes halogenated alkanes) is 7. The number of hydrogen-bond acceptors (Lipinski definition) is 4. The highest BCUT2D eigenvalue weighted by Crippen LogP contribution is 2.09. The largest absolute Gasteiger partial charge is 0.462 e. The highest BCUT2D eigenvalue weighted by molar-refractivity contribution is 5.93. The molecule has 4 nitrogen and oxygen atoms in total. The first kappa shape index (κ1) is 21.2. The second-order valence-corrected chi connectivity index (χ2v) is 6.32. The Balaban J connectivity index is 2.29. The van der Waals surface area contributed by atoms with E-state index in [9.17, 15) is 9.59 Å². The number of benzene rings is 1. The van der Waals surface area contributed by atoms with Gasteiger partial charge in [-0.15, -0.1) is 0 Å². The molecule has 0 aliphatic carbocycles. The van der Waals surface area contributed by atoms with Crippen LogP contribution in [0, 0.1) is 0 Å². The first-order chi connectivity index (χ1) is 12.2. The summed E-state index contributed by atoms with van der Waals surface area (Å²) in [4.78, 5) is 23.9. The molecule has 140 valence electrons. The van der Waals surface area contributed by atoms with Crippen molar-refractivity contribution in [3.8, 4) is 0 Å². The maximum atomic E-state index is 11.9. The van der Waals surface area contributed by atoms with E-state index in [2.05, 4.69) is 13.8 Å². The fourth-order valence-corrected chi connectivity index (χ4v) is 2.47. The molecule has 0 radical (unpaired) electrons. The third kappa shape index (κ3) is 9.28. The fourth-order valence-electron chi connectivity index (χ4n) is 2.47. The van der Waals surface area contributed by atoms with E-state index in [0.717, 1.165) is 38.5 Å². The number of ether oxygens (including phenoxy) is 2. The summed E-state index contributed by atoms with van der Waals surface area (Å²) >= 11 is 0. The summed E-state index contributed by atoms with van der Waals surface area (Å²) in [5.74, 6) is -0.678. The van der Waals surface area contributed by atoms with Gasteiger partial charge >= 0.3 is 11.9 Å². The lowest BCUT2D eigenvalue weighted by atomic mass is 10.1. The number of esters is 2. The average molecular weight is 348 g/mol. The maximum Gasteiger partial charge on any atom is 0.338 e. The molecule has 0 N–H and O–H groups in total. The Labute approximate surface area is 151 Å². The van der Waals surface area contributed by atoms with Crippen molar-refractivity contribution in [3.05, 3.63) is 35.4 Å². The van der Waals surface area contributed by atoms with Crippen LogP contribution in [-0.4, -0.2) is 25.2 Å². The van der Waals surface area contributed by atoms with E-state index < -0.39 is 0 Å². The van der Waals surface area contributed by atoms with Gasteiger partial charge in [0.15, 0.2) is 0 Å². The van der Waals surface area contributed by atoms with Crippen LogP contribution in [0.2, 0.25) is 0 Å². The van der Waals surface area contributed by atoms with Crippen LogP contribution in [0.4, 0.5) is 0 Å². The lowest BCUT2D eigenvalue weighted by Gasteiger charge is -2.07. The molecule has 1 rings (SSSR count). The molecule has 0 saturated carbocycles. The monoisotopic (exact) mass is 348 g/mol. The van der Waals surface area contributed by atoms with E-state index in [1.165, 1.54) is 19.3 Å².